The third kappa shape index (κ3) is 9.29. The van der Waals surface area contributed by atoms with Gasteiger partial charge in [0.05, 0.1) is 19.3 Å². The molecular formula is C19H29N3O5S. The summed E-state index contributed by atoms with van der Waals surface area (Å²) in [5.41, 5.74) is 0.421. The van der Waals surface area contributed by atoms with Crippen molar-refractivity contribution in [1.82, 2.24) is 14.3 Å². The Bertz CT molecular complexity index is 618. The van der Waals surface area contributed by atoms with Crippen LogP contribution in [0.1, 0.15) is 26.3 Å². The zero-order valence-corrected chi connectivity index (χ0v) is 17.4. The van der Waals surface area contributed by atoms with E-state index in [1.54, 1.807) is 20.8 Å². The largest absolute Gasteiger partial charge is 0.447 e. The van der Waals surface area contributed by atoms with E-state index in [-0.39, 0.29) is 6.61 Å². The van der Waals surface area contributed by atoms with Gasteiger partial charge >= 0.3 is 12.2 Å². The van der Waals surface area contributed by atoms with Gasteiger partial charge in [-0.1, -0.05) is 30.3 Å². The van der Waals surface area contributed by atoms with E-state index in [4.69, 9.17) is 14.2 Å². The molecule has 0 aliphatic carbocycles. The predicted molar refractivity (Wildman–Crippen MR) is 108 cm³/mol. The Morgan fingerprint density at radius 3 is 2.50 bits per heavy atom. The molecule has 1 aliphatic rings. The Morgan fingerprint density at radius 1 is 1.18 bits per heavy atom. The molecular weight excluding hydrogens is 382 g/mol. The van der Waals surface area contributed by atoms with E-state index in [1.165, 1.54) is 12.1 Å². The highest BCUT2D eigenvalue weighted by Gasteiger charge is 2.21. The normalized spacial score (nSPS) is 16.1. The summed E-state index contributed by atoms with van der Waals surface area (Å²) in [6, 6.07) is 9.28. The van der Waals surface area contributed by atoms with Crippen molar-refractivity contribution < 1.29 is 23.8 Å². The number of nitrogens with one attached hydrogen (secondary N) is 2. The van der Waals surface area contributed by atoms with Gasteiger partial charge in [0.2, 0.25) is 0 Å². The maximum absolute atomic E-state index is 12.1. The average molecular weight is 412 g/mol. The fourth-order valence-electron chi connectivity index (χ4n) is 2.47. The molecule has 1 aliphatic heterocycles. The van der Waals surface area contributed by atoms with Crippen LogP contribution in [0.2, 0.25) is 0 Å². The summed E-state index contributed by atoms with van der Waals surface area (Å²) in [4.78, 5) is 24.1. The lowest BCUT2D eigenvalue weighted by Crippen LogP contribution is -2.43. The molecule has 0 bridgehead atoms. The van der Waals surface area contributed by atoms with Gasteiger partial charge in [-0.2, -0.15) is 0 Å². The summed E-state index contributed by atoms with van der Waals surface area (Å²) in [7, 11) is 0. The van der Waals surface area contributed by atoms with Crippen LogP contribution in [0.3, 0.4) is 0 Å². The Labute approximate surface area is 170 Å². The lowest BCUT2D eigenvalue weighted by molar-refractivity contribution is 0.0473. The molecule has 1 fully saturated rings. The summed E-state index contributed by atoms with van der Waals surface area (Å²) in [6.45, 7) is 8.18. The number of ether oxygens (including phenoxy) is 3. The second-order valence-electron chi connectivity index (χ2n) is 7.37. The van der Waals surface area contributed by atoms with Crippen molar-refractivity contribution >= 4 is 24.3 Å². The first-order valence-corrected chi connectivity index (χ1v) is 10.0. The van der Waals surface area contributed by atoms with Gasteiger partial charge in [-0.05, 0) is 32.8 Å². The van der Waals surface area contributed by atoms with Crippen molar-refractivity contribution in [3.63, 3.8) is 0 Å². The van der Waals surface area contributed by atoms with Crippen LogP contribution in [0.5, 0.6) is 0 Å². The highest BCUT2D eigenvalue weighted by molar-refractivity contribution is 7.95. The Hall–Kier alpha value is -1.97. The molecule has 9 heteroatoms. The number of alkyl carbamates (subject to hydrolysis) is 1. The number of rotatable bonds is 7. The van der Waals surface area contributed by atoms with Crippen LogP contribution in [-0.4, -0.2) is 61.0 Å². The van der Waals surface area contributed by atoms with Gasteiger partial charge in [0, 0.05) is 25.2 Å². The fraction of sp³-hybridized carbons (Fsp3) is 0.579. The number of benzene rings is 1. The molecule has 1 aromatic carbocycles. The van der Waals surface area contributed by atoms with Crippen molar-refractivity contribution in [2.45, 2.75) is 38.8 Å². The molecule has 2 N–H and O–H groups in total. The van der Waals surface area contributed by atoms with Crippen LogP contribution in [-0.2, 0) is 20.6 Å². The van der Waals surface area contributed by atoms with E-state index < -0.39 is 23.8 Å². The van der Waals surface area contributed by atoms with Gasteiger partial charge in [-0.3, -0.25) is 4.72 Å². The lowest BCUT2D eigenvalue weighted by Gasteiger charge is -2.25. The Kier molecular flexibility index (Phi) is 8.88. The SMILES string of the molecule is CC(C)(C)OC(=O)N[C@@H](COC(=O)NSN1CCOCC1)Cc1ccccc1. The fourth-order valence-corrected chi connectivity index (χ4v) is 3.06. The van der Waals surface area contributed by atoms with E-state index in [0.717, 1.165) is 18.7 Å². The van der Waals surface area contributed by atoms with E-state index >= 15 is 0 Å². The maximum atomic E-state index is 12.1. The molecule has 0 radical (unpaired) electrons. The molecule has 156 valence electrons. The van der Waals surface area contributed by atoms with Crippen LogP contribution in [0, 0.1) is 0 Å². The smallest absolute Gasteiger partial charge is 0.418 e. The van der Waals surface area contributed by atoms with Crippen molar-refractivity contribution in [3.05, 3.63) is 35.9 Å². The number of amides is 2. The van der Waals surface area contributed by atoms with E-state index in [0.29, 0.717) is 19.6 Å². The molecule has 28 heavy (non-hydrogen) atoms. The minimum Gasteiger partial charge on any atom is -0.447 e. The molecule has 0 saturated carbocycles. The number of carbonyl (C=O) groups excluding carboxylic acids is 2. The van der Waals surface area contributed by atoms with Gasteiger partial charge in [0.25, 0.3) is 0 Å². The molecule has 2 amide bonds. The summed E-state index contributed by atoms with van der Waals surface area (Å²) < 4.78 is 20.5. The average Bonchev–Trinajstić information content (AvgIpc) is 2.64. The molecule has 1 aromatic rings. The number of hydrogen-bond acceptors (Lipinski definition) is 7. The molecule has 1 saturated heterocycles. The Morgan fingerprint density at radius 2 is 1.86 bits per heavy atom. The molecule has 8 nitrogen and oxygen atoms in total. The first-order valence-electron chi connectivity index (χ1n) is 9.28. The van der Waals surface area contributed by atoms with Crippen LogP contribution >= 0.6 is 12.1 Å². The zero-order valence-electron chi connectivity index (χ0n) is 16.6. The topological polar surface area (TPSA) is 89.1 Å². The third-order valence-corrected chi connectivity index (χ3v) is 4.57. The van der Waals surface area contributed by atoms with Crippen LogP contribution in [0.25, 0.3) is 0 Å². The lowest BCUT2D eigenvalue weighted by atomic mass is 10.1. The summed E-state index contributed by atoms with van der Waals surface area (Å²) in [5, 5.41) is 2.78. The van der Waals surface area contributed by atoms with Gasteiger partial charge in [0.15, 0.2) is 0 Å². The van der Waals surface area contributed by atoms with Gasteiger partial charge in [-0.15, -0.1) is 0 Å². The van der Waals surface area contributed by atoms with Crippen LogP contribution in [0.15, 0.2) is 30.3 Å². The maximum Gasteiger partial charge on any atom is 0.418 e. The minimum absolute atomic E-state index is 0.0314. The highest BCUT2D eigenvalue weighted by Crippen LogP contribution is 2.10. The highest BCUT2D eigenvalue weighted by atomic mass is 32.2. The van der Waals surface area contributed by atoms with Crippen molar-refractivity contribution in [3.8, 4) is 0 Å². The van der Waals surface area contributed by atoms with E-state index in [1.807, 2.05) is 34.6 Å². The summed E-state index contributed by atoms with van der Waals surface area (Å²) >= 11 is 1.20. The standard InChI is InChI=1S/C19H29N3O5S/c1-19(2,3)27-17(23)20-16(13-15-7-5-4-6-8-15)14-26-18(24)21-28-22-9-11-25-12-10-22/h4-8,16H,9-14H2,1-3H3,(H,20,23)(H,21,24)/t16-/m1/s1. The van der Waals surface area contributed by atoms with E-state index in [9.17, 15) is 9.59 Å². The Balaban J connectivity index is 1.83. The molecule has 0 aromatic heterocycles. The molecule has 2 rings (SSSR count). The zero-order chi connectivity index (χ0) is 20.4. The molecule has 1 atom stereocenters. The molecule has 0 unspecified atom stereocenters. The second kappa shape index (κ2) is 11.1. The molecule has 1 heterocycles. The van der Waals surface area contributed by atoms with Gasteiger partial charge < -0.3 is 19.5 Å². The first kappa shape index (κ1) is 22.3. The number of nitrogens with zero attached hydrogens (tertiary/aromatic N) is 1. The predicted octanol–water partition coefficient (Wildman–Crippen LogP) is 2.74. The summed E-state index contributed by atoms with van der Waals surface area (Å²) in [6.07, 6.45) is -0.579. The van der Waals surface area contributed by atoms with Gasteiger partial charge in [-0.25, -0.2) is 13.9 Å². The summed E-state index contributed by atoms with van der Waals surface area (Å²) in [5.74, 6) is 0. The van der Waals surface area contributed by atoms with Crippen LogP contribution < -0.4 is 10.0 Å². The number of carbonyl (C=O) groups is 2. The first-order chi connectivity index (χ1) is 13.3. The van der Waals surface area contributed by atoms with E-state index in [2.05, 4.69) is 10.0 Å². The molecule has 0 spiro atoms. The van der Waals surface area contributed by atoms with Gasteiger partial charge in [0.1, 0.15) is 12.2 Å². The monoisotopic (exact) mass is 411 g/mol. The van der Waals surface area contributed by atoms with Crippen LogP contribution in [0.4, 0.5) is 9.59 Å². The minimum atomic E-state index is -0.603. The quantitative estimate of drug-likeness (QED) is 0.667. The van der Waals surface area contributed by atoms with Crippen molar-refractivity contribution in [2.24, 2.45) is 0 Å². The second-order valence-corrected chi connectivity index (χ2v) is 8.27. The number of morpholine rings is 1. The van der Waals surface area contributed by atoms with Crippen molar-refractivity contribution in [1.29, 1.82) is 0 Å². The van der Waals surface area contributed by atoms with Crippen molar-refractivity contribution in [2.75, 3.05) is 32.9 Å². The third-order valence-electron chi connectivity index (χ3n) is 3.69. The number of hydrogen-bond donors (Lipinski definition) is 2.